The minimum Gasteiger partial charge on any atom is -0.491 e. The monoisotopic (exact) mass is 342 g/mol. The Hall–Kier alpha value is -1.26. The molecule has 0 aliphatic carbocycles. The van der Waals surface area contributed by atoms with Crippen LogP contribution in [0.1, 0.15) is 59.1 Å². The molecule has 1 aromatic carbocycles. The van der Waals surface area contributed by atoms with Crippen molar-refractivity contribution in [1.29, 1.82) is 0 Å². The fourth-order valence-corrected chi connectivity index (χ4v) is 2.51. The van der Waals surface area contributed by atoms with Crippen LogP contribution in [0.4, 0.5) is 0 Å². The average Bonchev–Trinajstić information content (AvgIpc) is 2.49. The summed E-state index contributed by atoms with van der Waals surface area (Å²) in [5.41, 5.74) is 6.40. The standard InChI is InChI=1S/C18H30N2O2.ClH/c1-6-18(7-2,12-19)17(21)20-14(5)15-9-8-10-16(11-15)22-13(3)4;/h8-11,13-14H,6-7,12,19H2,1-5H3,(H,20,21);1H. The van der Waals surface area contributed by atoms with Gasteiger partial charge in [-0.05, 0) is 51.3 Å². The predicted octanol–water partition coefficient (Wildman–Crippen LogP) is 3.84. The second kappa shape index (κ2) is 9.78. The summed E-state index contributed by atoms with van der Waals surface area (Å²) in [6.07, 6.45) is 1.62. The van der Waals surface area contributed by atoms with Gasteiger partial charge in [-0.2, -0.15) is 0 Å². The number of nitrogens with one attached hydrogen (secondary N) is 1. The Kier molecular flexibility index (Phi) is 9.25. The van der Waals surface area contributed by atoms with Gasteiger partial charge in [-0.25, -0.2) is 0 Å². The summed E-state index contributed by atoms with van der Waals surface area (Å²) in [7, 11) is 0. The van der Waals surface area contributed by atoms with E-state index in [-0.39, 0.29) is 30.5 Å². The van der Waals surface area contributed by atoms with E-state index in [4.69, 9.17) is 10.5 Å². The highest BCUT2D eigenvalue weighted by molar-refractivity contribution is 5.85. The van der Waals surface area contributed by atoms with Crippen molar-refractivity contribution in [3.8, 4) is 5.75 Å². The number of carbonyl (C=O) groups excluding carboxylic acids is 1. The van der Waals surface area contributed by atoms with Crippen molar-refractivity contribution in [2.75, 3.05) is 6.54 Å². The number of hydrogen-bond acceptors (Lipinski definition) is 3. The molecule has 1 aromatic rings. The summed E-state index contributed by atoms with van der Waals surface area (Å²) in [5.74, 6) is 0.854. The van der Waals surface area contributed by atoms with E-state index in [9.17, 15) is 4.79 Å². The summed E-state index contributed by atoms with van der Waals surface area (Å²) >= 11 is 0. The molecule has 0 heterocycles. The van der Waals surface area contributed by atoms with Crippen molar-refractivity contribution < 1.29 is 9.53 Å². The van der Waals surface area contributed by atoms with Crippen LogP contribution in [0.2, 0.25) is 0 Å². The van der Waals surface area contributed by atoms with Crippen molar-refractivity contribution >= 4 is 18.3 Å². The quantitative estimate of drug-likeness (QED) is 0.754. The Bertz CT molecular complexity index is 479. The molecule has 0 saturated carbocycles. The van der Waals surface area contributed by atoms with E-state index >= 15 is 0 Å². The Morgan fingerprint density at radius 1 is 1.26 bits per heavy atom. The predicted molar refractivity (Wildman–Crippen MR) is 98.1 cm³/mol. The van der Waals surface area contributed by atoms with Gasteiger partial charge in [0.15, 0.2) is 0 Å². The van der Waals surface area contributed by atoms with Gasteiger partial charge >= 0.3 is 0 Å². The third-order valence-electron chi connectivity index (χ3n) is 4.30. The molecule has 132 valence electrons. The lowest BCUT2D eigenvalue weighted by molar-refractivity contribution is -0.131. The van der Waals surface area contributed by atoms with E-state index in [1.54, 1.807) is 0 Å². The molecule has 0 saturated heterocycles. The van der Waals surface area contributed by atoms with Crippen molar-refractivity contribution in [2.24, 2.45) is 11.1 Å². The van der Waals surface area contributed by atoms with E-state index in [1.165, 1.54) is 0 Å². The zero-order valence-corrected chi connectivity index (χ0v) is 15.7. The van der Waals surface area contributed by atoms with Crippen LogP contribution in [0, 0.1) is 5.41 Å². The Morgan fingerprint density at radius 2 is 1.87 bits per heavy atom. The van der Waals surface area contributed by atoms with E-state index in [0.717, 1.165) is 24.2 Å². The third-order valence-corrected chi connectivity index (χ3v) is 4.30. The maximum Gasteiger partial charge on any atom is 0.227 e. The minimum atomic E-state index is -0.472. The van der Waals surface area contributed by atoms with Crippen LogP contribution >= 0.6 is 12.4 Å². The smallest absolute Gasteiger partial charge is 0.227 e. The molecule has 1 atom stereocenters. The van der Waals surface area contributed by atoms with Gasteiger partial charge in [-0.1, -0.05) is 26.0 Å². The van der Waals surface area contributed by atoms with E-state index < -0.39 is 5.41 Å². The van der Waals surface area contributed by atoms with Crippen molar-refractivity contribution in [3.05, 3.63) is 29.8 Å². The van der Waals surface area contributed by atoms with E-state index in [0.29, 0.717) is 6.54 Å². The first-order valence-electron chi connectivity index (χ1n) is 8.16. The average molecular weight is 343 g/mol. The Labute approximate surface area is 146 Å². The summed E-state index contributed by atoms with van der Waals surface area (Å²) in [6, 6.07) is 7.78. The van der Waals surface area contributed by atoms with Crippen molar-refractivity contribution in [1.82, 2.24) is 5.32 Å². The molecule has 0 fully saturated rings. The summed E-state index contributed by atoms with van der Waals surface area (Å²) in [5, 5.41) is 3.10. The summed E-state index contributed by atoms with van der Waals surface area (Å²) in [4.78, 5) is 12.6. The molecule has 0 spiro atoms. The fraction of sp³-hybridized carbons (Fsp3) is 0.611. The number of nitrogens with two attached hydrogens (primary N) is 1. The van der Waals surface area contributed by atoms with Crippen LogP contribution in [0.3, 0.4) is 0 Å². The van der Waals surface area contributed by atoms with Gasteiger partial charge in [-0.3, -0.25) is 4.79 Å². The molecule has 5 heteroatoms. The lowest BCUT2D eigenvalue weighted by Crippen LogP contribution is -2.46. The molecule has 0 aromatic heterocycles. The van der Waals surface area contributed by atoms with Gasteiger partial charge in [0.05, 0.1) is 17.6 Å². The highest BCUT2D eigenvalue weighted by Crippen LogP contribution is 2.27. The van der Waals surface area contributed by atoms with Gasteiger partial charge < -0.3 is 15.8 Å². The topological polar surface area (TPSA) is 64.4 Å². The van der Waals surface area contributed by atoms with Crippen LogP contribution in [-0.2, 0) is 4.79 Å². The van der Waals surface area contributed by atoms with Gasteiger partial charge in [0.2, 0.25) is 5.91 Å². The number of hydrogen-bond donors (Lipinski definition) is 2. The highest BCUT2D eigenvalue weighted by atomic mass is 35.5. The molecule has 4 nitrogen and oxygen atoms in total. The van der Waals surface area contributed by atoms with Gasteiger partial charge in [0.25, 0.3) is 0 Å². The molecule has 0 aliphatic rings. The molecule has 0 aliphatic heterocycles. The summed E-state index contributed by atoms with van der Waals surface area (Å²) in [6.45, 7) is 10.4. The largest absolute Gasteiger partial charge is 0.491 e. The van der Waals surface area contributed by atoms with Crippen molar-refractivity contribution in [2.45, 2.75) is 59.6 Å². The van der Waals surface area contributed by atoms with Gasteiger partial charge in [0, 0.05) is 6.54 Å². The number of amides is 1. The Balaban J connectivity index is 0.00000484. The van der Waals surface area contributed by atoms with E-state index in [2.05, 4.69) is 5.32 Å². The number of ether oxygens (including phenoxy) is 1. The molecular formula is C18H31ClN2O2. The molecule has 1 unspecified atom stereocenters. The maximum absolute atomic E-state index is 12.6. The van der Waals surface area contributed by atoms with Gasteiger partial charge in [0.1, 0.15) is 5.75 Å². The molecule has 0 bridgehead atoms. The van der Waals surface area contributed by atoms with Crippen LogP contribution in [0.25, 0.3) is 0 Å². The Morgan fingerprint density at radius 3 is 2.35 bits per heavy atom. The summed E-state index contributed by atoms with van der Waals surface area (Å²) < 4.78 is 5.71. The lowest BCUT2D eigenvalue weighted by Gasteiger charge is -2.30. The van der Waals surface area contributed by atoms with Crippen molar-refractivity contribution in [3.63, 3.8) is 0 Å². The number of benzene rings is 1. The van der Waals surface area contributed by atoms with Crippen LogP contribution < -0.4 is 15.8 Å². The zero-order chi connectivity index (χ0) is 16.8. The molecule has 23 heavy (non-hydrogen) atoms. The van der Waals surface area contributed by atoms with Gasteiger partial charge in [-0.15, -0.1) is 12.4 Å². The minimum absolute atomic E-state index is 0. The second-order valence-corrected chi connectivity index (χ2v) is 6.13. The number of rotatable bonds is 8. The third kappa shape index (κ3) is 5.70. The van der Waals surface area contributed by atoms with E-state index in [1.807, 2.05) is 58.9 Å². The molecule has 1 rings (SSSR count). The van der Waals surface area contributed by atoms with Crippen LogP contribution in [-0.4, -0.2) is 18.6 Å². The highest BCUT2D eigenvalue weighted by Gasteiger charge is 2.34. The van der Waals surface area contributed by atoms with Crippen LogP contribution in [0.5, 0.6) is 5.75 Å². The zero-order valence-electron chi connectivity index (χ0n) is 14.9. The lowest BCUT2D eigenvalue weighted by atomic mass is 9.81. The molecule has 3 N–H and O–H groups in total. The fourth-order valence-electron chi connectivity index (χ4n) is 2.51. The van der Waals surface area contributed by atoms with Crippen LogP contribution in [0.15, 0.2) is 24.3 Å². The first-order valence-corrected chi connectivity index (χ1v) is 8.16. The first kappa shape index (κ1) is 21.7. The molecule has 1 amide bonds. The first-order chi connectivity index (χ1) is 10.4. The SMILES string of the molecule is CCC(CC)(CN)C(=O)NC(C)c1cccc(OC(C)C)c1.Cl. The molecular weight excluding hydrogens is 312 g/mol. The second-order valence-electron chi connectivity index (χ2n) is 6.13. The maximum atomic E-state index is 12.6. The normalized spacial score (nSPS) is 12.5. The number of halogens is 1. The molecule has 0 radical (unpaired) electrons. The number of carbonyl (C=O) groups is 1.